The number of hydrogen-bond donors (Lipinski definition) is 0. The van der Waals surface area contributed by atoms with E-state index in [1.807, 2.05) is 0 Å². The molecule has 0 fully saturated rings. The van der Waals surface area contributed by atoms with Crippen LogP contribution in [0.4, 0.5) is 0 Å². The molecule has 0 bridgehead atoms. The van der Waals surface area contributed by atoms with E-state index in [-0.39, 0.29) is 0 Å². The second kappa shape index (κ2) is 17.0. The lowest BCUT2D eigenvalue weighted by Gasteiger charge is -2.03. The SMILES string of the molecule is CCCCCCCCCCCCCCCOCC. The van der Waals surface area contributed by atoms with Gasteiger partial charge in [-0.25, -0.2) is 0 Å². The van der Waals surface area contributed by atoms with Gasteiger partial charge < -0.3 is 4.74 Å². The van der Waals surface area contributed by atoms with Gasteiger partial charge in [-0.1, -0.05) is 84.0 Å². The summed E-state index contributed by atoms with van der Waals surface area (Å²) in [5.41, 5.74) is 0. The van der Waals surface area contributed by atoms with E-state index in [2.05, 4.69) is 13.8 Å². The third-order valence-electron chi connectivity index (χ3n) is 3.60. The lowest BCUT2D eigenvalue weighted by atomic mass is 10.0. The summed E-state index contributed by atoms with van der Waals surface area (Å²) in [6.07, 6.45) is 18.5. The maximum Gasteiger partial charge on any atom is 0.0465 e. The molecule has 0 amide bonds. The van der Waals surface area contributed by atoms with E-state index in [0.717, 1.165) is 13.2 Å². The Balaban J connectivity index is 2.86. The molecule has 0 aromatic rings. The first-order chi connectivity index (χ1) is 8.91. The van der Waals surface area contributed by atoms with E-state index in [0.29, 0.717) is 0 Å². The summed E-state index contributed by atoms with van der Waals surface area (Å²) in [5, 5.41) is 0. The lowest BCUT2D eigenvalue weighted by molar-refractivity contribution is 0.143. The van der Waals surface area contributed by atoms with Crippen molar-refractivity contribution in [1.82, 2.24) is 0 Å². The fourth-order valence-electron chi connectivity index (χ4n) is 2.37. The Labute approximate surface area is 116 Å². The first-order valence-corrected chi connectivity index (χ1v) is 8.49. The van der Waals surface area contributed by atoms with E-state index in [1.165, 1.54) is 83.5 Å². The Kier molecular flexibility index (Phi) is 16.9. The Hall–Kier alpha value is -0.0400. The molecule has 0 aliphatic heterocycles. The molecule has 1 heteroatoms. The molecule has 0 radical (unpaired) electrons. The molecule has 0 aliphatic carbocycles. The average Bonchev–Trinajstić information content (AvgIpc) is 2.39. The van der Waals surface area contributed by atoms with Crippen LogP contribution in [0.25, 0.3) is 0 Å². The van der Waals surface area contributed by atoms with E-state index in [9.17, 15) is 0 Å². The molecule has 0 heterocycles. The molecule has 110 valence electrons. The number of hydrogen-bond acceptors (Lipinski definition) is 1. The molecule has 0 aromatic carbocycles. The minimum atomic E-state index is 0.873. The smallest absolute Gasteiger partial charge is 0.0465 e. The average molecular weight is 256 g/mol. The Morgan fingerprint density at radius 3 is 1.28 bits per heavy atom. The van der Waals surface area contributed by atoms with Gasteiger partial charge in [-0.3, -0.25) is 0 Å². The van der Waals surface area contributed by atoms with Crippen molar-refractivity contribution in [2.24, 2.45) is 0 Å². The van der Waals surface area contributed by atoms with Gasteiger partial charge in [0.2, 0.25) is 0 Å². The molecular formula is C17H36O. The molecule has 18 heavy (non-hydrogen) atoms. The van der Waals surface area contributed by atoms with Gasteiger partial charge in [-0.05, 0) is 13.3 Å². The fraction of sp³-hybridized carbons (Fsp3) is 1.00. The Morgan fingerprint density at radius 1 is 0.500 bits per heavy atom. The molecule has 1 nitrogen and oxygen atoms in total. The summed E-state index contributed by atoms with van der Waals surface area (Å²) in [6.45, 7) is 6.20. The summed E-state index contributed by atoms with van der Waals surface area (Å²) in [4.78, 5) is 0. The van der Waals surface area contributed by atoms with Crippen LogP contribution in [0.2, 0.25) is 0 Å². The summed E-state index contributed by atoms with van der Waals surface area (Å²) in [7, 11) is 0. The second-order valence-electron chi connectivity index (χ2n) is 5.44. The van der Waals surface area contributed by atoms with Gasteiger partial charge in [0.1, 0.15) is 0 Å². The van der Waals surface area contributed by atoms with Gasteiger partial charge in [0.15, 0.2) is 0 Å². The van der Waals surface area contributed by atoms with Crippen molar-refractivity contribution in [2.45, 2.75) is 97.3 Å². The van der Waals surface area contributed by atoms with Crippen molar-refractivity contribution in [1.29, 1.82) is 0 Å². The van der Waals surface area contributed by atoms with Crippen LogP contribution in [0.5, 0.6) is 0 Å². The lowest BCUT2D eigenvalue weighted by Crippen LogP contribution is -1.92. The third-order valence-corrected chi connectivity index (χ3v) is 3.60. The summed E-state index contributed by atoms with van der Waals surface area (Å²) >= 11 is 0. The van der Waals surface area contributed by atoms with Crippen molar-refractivity contribution in [3.05, 3.63) is 0 Å². The van der Waals surface area contributed by atoms with Crippen LogP contribution in [0.15, 0.2) is 0 Å². The zero-order chi connectivity index (χ0) is 13.3. The maximum absolute atomic E-state index is 5.33. The Bertz CT molecular complexity index is 118. The van der Waals surface area contributed by atoms with Crippen LogP contribution in [0.3, 0.4) is 0 Å². The molecule has 0 aliphatic rings. The van der Waals surface area contributed by atoms with E-state index in [4.69, 9.17) is 4.74 Å². The highest BCUT2D eigenvalue weighted by Crippen LogP contribution is 2.12. The van der Waals surface area contributed by atoms with Gasteiger partial charge in [0.25, 0.3) is 0 Å². The third kappa shape index (κ3) is 16.0. The zero-order valence-corrected chi connectivity index (χ0v) is 13.0. The first-order valence-electron chi connectivity index (χ1n) is 8.49. The molecular weight excluding hydrogens is 220 g/mol. The predicted octanol–water partition coefficient (Wildman–Crippen LogP) is 6.11. The van der Waals surface area contributed by atoms with E-state index in [1.54, 1.807) is 0 Å². The van der Waals surface area contributed by atoms with Crippen LogP contribution in [0.1, 0.15) is 97.3 Å². The van der Waals surface area contributed by atoms with Gasteiger partial charge in [-0.2, -0.15) is 0 Å². The van der Waals surface area contributed by atoms with Crippen LogP contribution >= 0.6 is 0 Å². The highest BCUT2D eigenvalue weighted by molar-refractivity contribution is 4.48. The van der Waals surface area contributed by atoms with Crippen molar-refractivity contribution >= 4 is 0 Å². The molecule has 0 saturated carbocycles. The van der Waals surface area contributed by atoms with Crippen LogP contribution in [0, 0.1) is 0 Å². The molecule has 0 N–H and O–H groups in total. The highest BCUT2D eigenvalue weighted by atomic mass is 16.5. The number of rotatable bonds is 15. The van der Waals surface area contributed by atoms with Gasteiger partial charge >= 0.3 is 0 Å². The quantitative estimate of drug-likeness (QED) is 0.321. The van der Waals surface area contributed by atoms with Gasteiger partial charge in [0, 0.05) is 13.2 Å². The summed E-state index contributed by atoms with van der Waals surface area (Å²) in [6, 6.07) is 0. The van der Waals surface area contributed by atoms with E-state index >= 15 is 0 Å². The normalized spacial score (nSPS) is 11.0. The minimum absolute atomic E-state index is 0.873. The Morgan fingerprint density at radius 2 is 0.889 bits per heavy atom. The molecule has 0 rings (SSSR count). The van der Waals surface area contributed by atoms with Crippen molar-refractivity contribution in [2.75, 3.05) is 13.2 Å². The van der Waals surface area contributed by atoms with Gasteiger partial charge in [0.05, 0.1) is 0 Å². The summed E-state index contributed by atoms with van der Waals surface area (Å²) in [5.74, 6) is 0. The van der Waals surface area contributed by atoms with Crippen molar-refractivity contribution in [3.8, 4) is 0 Å². The minimum Gasteiger partial charge on any atom is -0.382 e. The monoisotopic (exact) mass is 256 g/mol. The van der Waals surface area contributed by atoms with Crippen molar-refractivity contribution in [3.63, 3.8) is 0 Å². The van der Waals surface area contributed by atoms with Gasteiger partial charge in [-0.15, -0.1) is 0 Å². The standard InChI is InChI=1S/C17H36O/c1-3-5-6-7-8-9-10-11-12-13-14-15-16-17-18-4-2/h3-17H2,1-2H3. The molecule has 0 atom stereocenters. The predicted molar refractivity (Wildman–Crippen MR) is 82.2 cm³/mol. The van der Waals surface area contributed by atoms with Crippen molar-refractivity contribution < 1.29 is 4.74 Å². The molecule has 0 aromatic heterocycles. The second-order valence-corrected chi connectivity index (χ2v) is 5.44. The number of unbranched alkanes of at least 4 members (excludes halogenated alkanes) is 12. The zero-order valence-electron chi connectivity index (χ0n) is 13.0. The van der Waals surface area contributed by atoms with Crippen LogP contribution in [-0.2, 0) is 4.74 Å². The molecule has 0 saturated heterocycles. The number of ether oxygens (including phenoxy) is 1. The maximum atomic E-state index is 5.33. The fourth-order valence-corrected chi connectivity index (χ4v) is 2.37. The largest absolute Gasteiger partial charge is 0.382 e. The first kappa shape index (κ1) is 18.0. The molecule has 0 spiro atoms. The highest BCUT2D eigenvalue weighted by Gasteiger charge is 1.93. The van der Waals surface area contributed by atoms with Crippen LogP contribution < -0.4 is 0 Å². The topological polar surface area (TPSA) is 9.23 Å². The summed E-state index contributed by atoms with van der Waals surface area (Å²) < 4.78 is 5.33. The van der Waals surface area contributed by atoms with Crippen LogP contribution in [-0.4, -0.2) is 13.2 Å². The van der Waals surface area contributed by atoms with E-state index < -0.39 is 0 Å². The molecule has 0 unspecified atom stereocenters.